The van der Waals surface area contributed by atoms with Gasteiger partial charge in [0.15, 0.2) is 0 Å². The summed E-state index contributed by atoms with van der Waals surface area (Å²) in [6.45, 7) is 11.8. The van der Waals surface area contributed by atoms with Gasteiger partial charge in [-0.3, -0.25) is 38.9 Å². The van der Waals surface area contributed by atoms with Crippen molar-refractivity contribution in [2.75, 3.05) is 36.9 Å². The third-order valence-electron chi connectivity index (χ3n) is 20.6. The van der Waals surface area contributed by atoms with Crippen molar-refractivity contribution >= 4 is 64.8 Å². The quantitative estimate of drug-likeness (QED) is 0.0210. The van der Waals surface area contributed by atoms with Crippen LogP contribution >= 0.6 is 0 Å². The lowest BCUT2D eigenvalue weighted by atomic mass is 9.49. The molecule has 0 aliphatic heterocycles. The summed E-state index contributed by atoms with van der Waals surface area (Å²) in [5.74, 6) is 3.02. The predicted molar refractivity (Wildman–Crippen MR) is 353 cm³/mol. The van der Waals surface area contributed by atoms with E-state index in [9.17, 15) is 48.3 Å². The van der Waals surface area contributed by atoms with Crippen LogP contribution in [0.15, 0.2) is 60.7 Å². The fourth-order valence-electron chi connectivity index (χ4n) is 15.4. The van der Waals surface area contributed by atoms with Crippen molar-refractivity contribution < 1.29 is 57.7 Å². The fraction of sp³-hybridized carbons (Fsp3) is 0.592. The van der Waals surface area contributed by atoms with Crippen LogP contribution in [0.3, 0.4) is 0 Å². The van der Waals surface area contributed by atoms with E-state index in [4.69, 9.17) is 20.9 Å². The summed E-state index contributed by atoms with van der Waals surface area (Å²) >= 11 is 0. The Kier molecular flexibility index (Phi) is 24.2. The molecule has 5 aliphatic carbocycles. The third kappa shape index (κ3) is 17.8. The summed E-state index contributed by atoms with van der Waals surface area (Å²) in [5, 5.41) is 32.5. The molecule has 5 aliphatic rings. The van der Waals surface area contributed by atoms with Gasteiger partial charge in [-0.25, -0.2) is 9.59 Å². The van der Waals surface area contributed by atoms with E-state index in [0.29, 0.717) is 55.6 Å². The summed E-state index contributed by atoms with van der Waals surface area (Å²) in [6, 6.07) is 14.0. The molecular formula is C71H98N10O12. The minimum absolute atomic E-state index is 0.00366. The topological polar surface area (TPSA) is 341 Å². The van der Waals surface area contributed by atoms with Crippen molar-refractivity contribution in [1.82, 2.24) is 31.9 Å². The Morgan fingerprint density at radius 3 is 1.94 bits per heavy atom. The van der Waals surface area contributed by atoms with Crippen molar-refractivity contribution in [2.45, 2.75) is 212 Å². The molecule has 22 nitrogen and oxygen atoms in total. The number of phenolic OH excluding ortho intramolecular Hbond substituents is 1. The van der Waals surface area contributed by atoms with Crippen molar-refractivity contribution in [1.29, 1.82) is 0 Å². The van der Waals surface area contributed by atoms with Gasteiger partial charge in [0, 0.05) is 30.9 Å². The van der Waals surface area contributed by atoms with E-state index < -0.39 is 76.0 Å². The zero-order valence-electron chi connectivity index (χ0n) is 55.1. The Morgan fingerprint density at radius 1 is 0.645 bits per heavy atom. The predicted octanol–water partition coefficient (Wildman–Crippen LogP) is 7.60. The highest BCUT2D eigenvalue weighted by atomic mass is 16.5. The van der Waals surface area contributed by atoms with Crippen LogP contribution in [-0.2, 0) is 73.3 Å². The molecule has 22 heteroatoms. The number of aromatic hydroxyl groups is 1. The number of phenols is 1. The third-order valence-corrected chi connectivity index (χ3v) is 20.6. The van der Waals surface area contributed by atoms with E-state index >= 15 is 0 Å². The number of nitrogens with two attached hydrogens (primary N) is 2. The molecule has 3 aromatic rings. The van der Waals surface area contributed by atoms with Crippen LogP contribution in [0.5, 0.6) is 5.75 Å². The highest BCUT2D eigenvalue weighted by Gasteiger charge is 2.58. The van der Waals surface area contributed by atoms with Gasteiger partial charge in [-0.1, -0.05) is 91.0 Å². The van der Waals surface area contributed by atoms with Crippen molar-refractivity contribution in [3.05, 3.63) is 88.5 Å². The number of primary amides is 1. The second-order valence-corrected chi connectivity index (χ2v) is 27.6. The summed E-state index contributed by atoms with van der Waals surface area (Å²) in [5.41, 5.74) is 15.2. The van der Waals surface area contributed by atoms with Crippen LogP contribution in [0, 0.1) is 40.4 Å². The van der Waals surface area contributed by atoms with Crippen LogP contribution in [0.25, 0.3) is 0 Å². The van der Waals surface area contributed by atoms with Crippen molar-refractivity contribution in [2.24, 2.45) is 40.1 Å². The number of unbranched alkanes of at least 4 members (excludes halogenated alkanes) is 1. The number of urea groups is 1. The zero-order chi connectivity index (χ0) is 67.1. The summed E-state index contributed by atoms with van der Waals surface area (Å²) < 4.78 is 11.1. The fourth-order valence-corrected chi connectivity index (χ4v) is 15.4. The Balaban J connectivity index is 0.778. The lowest BCUT2D eigenvalue weighted by molar-refractivity contribution is -0.150. The number of hydrogen-bond acceptors (Lipinski definition) is 13. The number of rotatable bonds is 26. The van der Waals surface area contributed by atoms with E-state index in [1.165, 1.54) is 5.56 Å². The van der Waals surface area contributed by atoms with Gasteiger partial charge >= 0.3 is 12.1 Å². The Bertz CT molecular complexity index is 3290. The molecule has 0 spiro atoms. The minimum atomic E-state index is -1.10. The molecule has 2 saturated carbocycles. The molecule has 0 radical (unpaired) electrons. The number of amides is 10. The smallest absolute Gasteiger partial charge is 0.407 e. The largest absolute Gasteiger partial charge is 0.508 e. The molecule has 13 N–H and O–H groups in total. The molecule has 8 rings (SSSR count). The monoisotopic (exact) mass is 1280 g/mol. The van der Waals surface area contributed by atoms with Gasteiger partial charge in [-0.05, 0) is 196 Å². The Labute approximate surface area is 546 Å². The molecule has 0 aromatic heterocycles. The first kappa shape index (κ1) is 70.8. The second-order valence-electron chi connectivity index (χ2n) is 27.6. The average molecular weight is 1280 g/mol. The number of alkyl carbamates (subject to hydrolysis) is 1. The lowest BCUT2D eigenvalue weighted by Crippen LogP contribution is -2.60. The molecule has 0 saturated heterocycles. The molecule has 10 atom stereocenters. The first-order valence-corrected chi connectivity index (χ1v) is 33.5. The van der Waals surface area contributed by atoms with Crippen LogP contribution in [-0.4, -0.2) is 109 Å². The maximum atomic E-state index is 14.7. The molecule has 504 valence electrons. The number of benzene rings is 3. The van der Waals surface area contributed by atoms with Crippen molar-refractivity contribution in [3.63, 3.8) is 0 Å². The molecular weight excluding hydrogens is 1180 g/mol. The first-order valence-electron chi connectivity index (χ1n) is 33.5. The van der Waals surface area contributed by atoms with Gasteiger partial charge in [0.25, 0.3) is 0 Å². The van der Waals surface area contributed by atoms with E-state index in [0.717, 1.165) is 100 Å². The van der Waals surface area contributed by atoms with E-state index in [-0.39, 0.29) is 86.0 Å². The highest BCUT2D eigenvalue weighted by molar-refractivity contribution is 6.01. The Hall–Kier alpha value is -8.03. The SMILES string of the molecule is CC(C)C(NC(=O)C(N)CCCCNC(=O)COC1C#CCCCCC1)C(=O)NC(CCCNC(N)=O)C(=O)Nc1ccc(COC(=O)NCC(=O)Nc2ccc3c(c2)[C@@]2(C)CCC[C@](C)(C(=O)NC(=O)[C@@]4(C)CCC[C@]5(C)c6cc(O)ccc6CC[C@@H]45)[C@@H]2CC3)cc1. The van der Waals surface area contributed by atoms with Gasteiger partial charge in [0.1, 0.15) is 43.7 Å². The minimum Gasteiger partial charge on any atom is -0.508 e. The molecule has 93 heavy (non-hydrogen) atoms. The maximum Gasteiger partial charge on any atom is 0.407 e. The molecule has 4 unspecified atom stereocenters. The van der Waals surface area contributed by atoms with Gasteiger partial charge in [-0.2, -0.15) is 0 Å². The van der Waals surface area contributed by atoms with Gasteiger partial charge in [0.2, 0.25) is 41.4 Å². The standard InChI is InChI=1S/C71H98N10O12/c1-44(2)60(80-61(85)54(72)19-12-13-37-74-59(84)43-92-51-17-10-8-7-9-11-18-51)63(87)79-55(20-14-38-75-66(73)90)62(86)78-48-27-21-45(22-28-48)42-93-67(91)76-41-58(83)77-49-29-23-46-25-31-56-68(3,52(46)39-49)33-15-35-70(56,5)64(88)81-65(89)71(6)36-16-34-69(4)53-40-50(82)30-24-47(53)26-32-57(69)71/h21-24,27-30,39-40,44,51,54-57,60,82H,7-10,12-17,19-20,25-26,31-38,41-43,72H2,1-6H3,(H,74,84)(H,76,91)(H,77,83)(H,78,86)(H,79,87)(H,80,85)(H3,73,75,90)(H,81,88,89)/t51?,54?,55?,56-,57-,60?,68-,69-,70+,71+/m1/s1. The number of carbonyl (C=O) groups excluding carboxylic acids is 9. The number of nitrogens with one attached hydrogen (secondary N) is 8. The first-order chi connectivity index (χ1) is 44.3. The molecule has 0 bridgehead atoms. The number of imide groups is 1. The molecule has 3 aromatic carbocycles. The van der Waals surface area contributed by atoms with E-state index in [1.807, 2.05) is 44.2 Å². The van der Waals surface area contributed by atoms with Gasteiger partial charge < -0.3 is 63.3 Å². The van der Waals surface area contributed by atoms with Crippen LogP contribution < -0.4 is 54.0 Å². The van der Waals surface area contributed by atoms with Crippen LogP contribution in [0.1, 0.15) is 185 Å². The van der Waals surface area contributed by atoms with Crippen LogP contribution in [0.2, 0.25) is 0 Å². The lowest BCUT2D eigenvalue weighted by Gasteiger charge is -2.56. The Morgan fingerprint density at radius 2 is 1.28 bits per heavy atom. The molecule has 10 amide bonds. The zero-order valence-corrected chi connectivity index (χ0v) is 55.1. The number of anilines is 2. The van der Waals surface area contributed by atoms with E-state index in [1.54, 1.807) is 44.2 Å². The van der Waals surface area contributed by atoms with E-state index in [2.05, 4.69) is 68.2 Å². The number of ether oxygens (including phenoxy) is 2. The van der Waals surface area contributed by atoms with Crippen LogP contribution in [0.4, 0.5) is 21.0 Å². The molecule has 2 fully saturated rings. The van der Waals surface area contributed by atoms with Gasteiger partial charge in [0.05, 0.1) is 16.9 Å². The summed E-state index contributed by atoms with van der Waals surface area (Å²) in [6.07, 6.45) is 13.3. The number of fused-ring (bicyclic) bond motifs is 6. The molecule has 0 heterocycles. The average Bonchev–Trinajstić information content (AvgIpc) is 0.729. The number of carbonyl (C=O) groups is 9. The number of hydrogen-bond donors (Lipinski definition) is 11. The normalized spacial score (nSPS) is 24.6. The maximum absolute atomic E-state index is 14.7. The number of aryl methyl sites for hydroxylation is 2. The van der Waals surface area contributed by atoms with Crippen molar-refractivity contribution in [3.8, 4) is 17.6 Å². The summed E-state index contributed by atoms with van der Waals surface area (Å²) in [7, 11) is 0. The van der Waals surface area contributed by atoms with Gasteiger partial charge in [-0.15, -0.1) is 5.92 Å². The summed E-state index contributed by atoms with van der Waals surface area (Å²) in [4.78, 5) is 120. The second kappa shape index (κ2) is 31.7. The highest BCUT2D eigenvalue weighted by Crippen LogP contribution is 2.60.